The summed E-state index contributed by atoms with van der Waals surface area (Å²) >= 11 is 0. The van der Waals surface area contributed by atoms with Crippen molar-refractivity contribution in [3.8, 4) is 5.69 Å². The summed E-state index contributed by atoms with van der Waals surface area (Å²) in [5, 5.41) is 16.1. The molecule has 2 heterocycles. The van der Waals surface area contributed by atoms with Gasteiger partial charge in [0.25, 0.3) is 0 Å². The van der Waals surface area contributed by atoms with Crippen molar-refractivity contribution in [2.45, 2.75) is 25.3 Å². The van der Waals surface area contributed by atoms with Gasteiger partial charge in [0.15, 0.2) is 0 Å². The SMILES string of the molecule is Cc1cc(C)n(-c2ccc(Nc3cc(NCc4cccc(S(N)(=O)=O)c4)ncn3)cc2)n1. The molecule has 9 nitrogen and oxygen atoms in total. The minimum atomic E-state index is -3.74. The maximum atomic E-state index is 11.5. The van der Waals surface area contributed by atoms with E-state index in [1.165, 1.54) is 18.5 Å². The van der Waals surface area contributed by atoms with E-state index in [4.69, 9.17) is 5.14 Å². The van der Waals surface area contributed by atoms with Gasteiger partial charge in [-0.15, -0.1) is 0 Å². The van der Waals surface area contributed by atoms with Crippen LogP contribution in [0.1, 0.15) is 17.0 Å². The van der Waals surface area contributed by atoms with E-state index >= 15 is 0 Å². The summed E-state index contributed by atoms with van der Waals surface area (Å²) in [6.45, 7) is 4.38. The molecule has 4 aromatic rings. The number of hydrogen-bond acceptors (Lipinski definition) is 7. The quantitative estimate of drug-likeness (QED) is 0.395. The number of primary sulfonamides is 1. The van der Waals surface area contributed by atoms with Crippen LogP contribution in [0.15, 0.2) is 71.9 Å². The van der Waals surface area contributed by atoms with Crippen LogP contribution in [0, 0.1) is 13.8 Å². The van der Waals surface area contributed by atoms with Crippen molar-refractivity contribution >= 4 is 27.3 Å². The second-order valence-corrected chi connectivity index (χ2v) is 8.91. The Morgan fingerprint density at radius 2 is 1.72 bits per heavy atom. The molecular weight excluding hydrogens is 426 g/mol. The second-order valence-electron chi connectivity index (χ2n) is 7.35. The van der Waals surface area contributed by atoms with E-state index in [1.807, 2.05) is 54.9 Å². The molecule has 0 bridgehead atoms. The third-order valence-corrected chi connectivity index (χ3v) is 5.67. The molecule has 0 fully saturated rings. The number of nitrogens with one attached hydrogen (secondary N) is 2. The molecule has 0 saturated heterocycles. The number of sulfonamides is 1. The fraction of sp³-hybridized carbons (Fsp3) is 0.136. The normalized spacial score (nSPS) is 11.3. The number of benzene rings is 2. The van der Waals surface area contributed by atoms with Crippen LogP contribution in [-0.4, -0.2) is 28.2 Å². The lowest BCUT2D eigenvalue weighted by Crippen LogP contribution is -2.12. The average molecular weight is 450 g/mol. The van der Waals surface area contributed by atoms with Gasteiger partial charge in [-0.2, -0.15) is 5.10 Å². The first kappa shape index (κ1) is 21.5. The number of anilines is 3. The summed E-state index contributed by atoms with van der Waals surface area (Å²) in [5.74, 6) is 1.22. The smallest absolute Gasteiger partial charge is 0.238 e. The van der Waals surface area contributed by atoms with E-state index in [2.05, 4.69) is 25.7 Å². The summed E-state index contributed by atoms with van der Waals surface area (Å²) in [4.78, 5) is 8.55. The molecular formula is C22H23N7O2S. The molecule has 164 valence electrons. The number of nitrogens with zero attached hydrogens (tertiary/aromatic N) is 4. The van der Waals surface area contributed by atoms with Crippen molar-refractivity contribution < 1.29 is 8.42 Å². The molecule has 0 spiro atoms. The summed E-state index contributed by atoms with van der Waals surface area (Å²) in [6, 6.07) is 18.2. The zero-order valence-electron chi connectivity index (χ0n) is 17.6. The largest absolute Gasteiger partial charge is 0.366 e. The van der Waals surface area contributed by atoms with E-state index in [0.29, 0.717) is 18.2 Å². The van der Waals surface area contributed by atoms with Crippen LogP contribution in [0.4, 0.5) is 17.3 Å². The summed E-state index contributed by atoms with van der Waals surface area (Å²) < 4.78 is 24.9. The zero-order valence-corrected chi connectivity index (χ0v) is 18.5. The molecule has 0 unspecified atom stereocenters. The first-order valence-corrected chi connectivity index (χ1v) is 11.4. The Kier molecular flexibility index (Phi) is 5.89. The number of rotatable bonds is 7. The highest BCUT2D eigenvalue weighted by Gasteiger charge is 2.08. The van der Waals surface area contributed by atoms with Crippen molar-refractivity contribution in [3.05, 3.63) is 83.9 Å². The fourth-order valence-corrected chi connectivity index (χ4v) is 3.86. The molecule has 0 aliphatic carbocycles. The average Bonchev–Trinajstić information content (AvgIpc) is 3.11. The molecule has 2 aromatic carbocycles. The number of aryl methyl sites for hydroxylation is 2. The van der Waals surface area contributed by atoms with Gasteiger partial charge in [0.05, 0.1) is 16.3 Å². The van der Waals surface area contributed by atoms with Crippen LogP contribution >= 0.6 is 0 Å². The van der Waals surface area contributed by atoms with Gasteiger partial charge in [-0.25, -0.2) is 28.2 Å². The Hall–Kier alpha value is -3.76. The number of nitrogens with two attached hydrogens (primary N) is 1. The van der Waals surface area contributed by atoms with Gasteiger partial charge >= 0.3 is 0 Å². The van der Waals surface area contributed by atoms with E-state index in [1.54, 1.807) is 12.1 Å². The van der Waals surface area contributed by atoms with E-state index in [0.717, 1.165) is 28.3 Å². The van der Waals surface area contributed by atoms with Gasteiger partial charge in [-0.1, -0.05) is 12.1 Å². The first-order chi connectivity index (χ1) is 15.3. The Balaban J connectivity index is 1.43. The summed E-state index contributed by atoms with van der Waals surface area (Å²) in [5.41, 5.74) is 4.67. The maximum absolute atomic E-state index is 11.5. The highest BCUT2D eigenvalue weighted by atomic mass is 32.2. The molecule has 4 N–H and O–H groups in total. The molecule has 0 aliphatic heterocycles. The van der Waals surface area contributed by atoms with E-state index in [-0.39, 0.29) is 4.90 Å². The molecule has 0 atom stereocenters. The minimum absolute atomic E-state index is 0.0748. The van der Waals surface area contributed by atoms with Crippen LogP contribution < -0.4 is 15.8 Å². The van der Waals surface area contributed by atoms with Crippen LogP contribution in [0.5, 0.6) is 0 Å². The predicted octanol–water partition coefficient (Wildman–Crippen LogP) is 3.28. The van der Waals surface area contributed by atoms with Crippen LogP contribution in [0.2, 0.25) is 0 Å². The third-order valence-electron chi connectivity index (χ3n) is 4.76. The summed E-state index contributed by atoms with van der Waals surface area (Å²) in [6.07, 6.45) is 1.45. The third kappa shape index (κ3) is 5.10. The molecule has 0 saturated carbocycles. The predicted molar refractivity (Wildman–Crippen MR) is 123 cm³/mol. The Bertz CT molecular complexity index is 1350. The Labute approximate surface area is 186 Å². The highest BCUT2D eigenvalue weighted by Crippen LogP contribution is 2.20. The molecule has 32 heavy (non-hydrogen) atoms. The molecule has 0 radical (unpaired) electrons. The van der Waals surface area contributed by atoms with Crippen molar-refractivity contribution in [1.82, 2.24) is 19.7 Å². The van der Waals surface area contributed by atoms with Gasteiger partial charge in [0.2, 0.25) is 10.0 Å². The lowest BCUT2D eigenvalue weighted by molar-refractivity contribution is 0.597. The maximum Gasteiger partial charge on any atom is 0.238 e. The molecule has 0 aliphatic rings. The van der Waals surface area contributed by atoms with Gasteiger partial charge in [0, 0.05) is 24.0 Å². The lowest BCUT2D eigenvalue weighted by Gasteiger charge is -2.10. The van der Waals surface area contributed by atoms with Gasteiger partial charge in [-0.05, 0) is 61.9 Å². The second kappa shape index (κ2) is 8.77. The van der Waals surface area contributed by atoms with Gasteiger partial charge in [-0.3, -0.25) is 0 Å². The van der Waals surface area contributed by atoms with E-state index < -0.39 is 10.0 Å². The first-order valence-electron chi connectivity index (χ1n) is 9.86. The monoisotopic (exact) mass is 449 g/mol. The summed E-state index contributed by atoms with van der Waals surface area (Å²) in [7, 11) is -3.74. The lowest BCUT2D eigenvalue weighted by atomic mass is 10.2. The van der Waals surface area contributed by atoms with E-state index in [9.17, 15) is 8.42 Å². The Morgan fingerprint density at radius 1 is 0.969 bits per heavy atom. The fourth-order valence-electron chi connectivity index (χ4n) is 3.27. The molecule has 4 rings (SSSR count). The van der Waals surface area contributed by atoms with Gasteiger partial charge in [0.1, 0.15) is 18.0 Å². The minimum Gasteiger partial charge on any atom is -0.366 e. The molecule has 0 amide bonds. The number of hydrogen-bond donors (Lipinski definition) is 3. The van der Waals surface area contributed by atoms with Crippen LogP contribution in [-0.2, 0) is 16.6 Å². The standard InChI is InChI=1S/C22H23N7O2S/c1-15-10-16(2)29(28-15)19-8-6-18(7-9-19)27-22-12-21(25-14-26-22)24-13-17-4-3-5-20(11-17)32(23,30)31/h3-12,14H,13H2,1-2H3,(H2,23,30,31)(H2,24,25,26,27). The van der Waals surface area contributed by atoms with Crippen molar-refractivity contribution in [2.75, 3.05) is 10.6 Å². The highest BCUT2D eigenvalue weighted by molar-refractivity contribution is 7.89. The van der Waals surface area contributed by atoms with Crippen LogP contribution in [0.3, 0.4) is 0 Å². The number of aromatic nitrogens is 4. The molecule has 10 heteroatoms. The van der Waals surface area contributed by atoms with Crippen molar-refractivity contribution in [1.29, 1.82) is 0 Å². The van der Waals surface area contributed by atoms with Crippen LogP contribution in [0.25, 0.3) is 5.69 Å². The topological polar surface area (TPSA) is 128 Å². The van der Waals surface area contributed by atoms with Crippen molar-refractivity contribution in [2.24, 2.45) is 5.14 Å². The molecule has 2 aromatic heterocycles. The van der Waals surface area contributed by atoms with Gasteiger partial charge < -0.3 is 10.6 Å². The van der Waals surface area contributed by atoms with Crippen molar-refractivity contribution in [3.63, 3.8) is 0 Å². The Morgan fingerprint density at radius 3 is 2.41 bits per heavy atom. The zero-order chi connectivity index (χ0) is 22.7.